The van der Waals surface area contributed by atoms with Crippen LogP contribution in [0, 0.1) is 0 Å². The van der Waals surface area contributed by atoms with Crippen LogP contribution in [0.4, 0.5) is 11.4 Å². The van der Waals surface area contributed by atoms with Crippen molar-refractivity contribution in [2.45, 2.75) is 24.3 Å². The Morgan fingerprint density at radius 3 is 2.56 bits per heavy atom. The number of hydrogen-bond acceptors (Lipinski definition) is 5. The lowest BCUT2D eigenvalue weighted by atomic mass is 10.2. The summed E-state index contributed by atoms with van der Waals surface area (Å²) >= 11 is 0. The molecule has 1 aromatic rings. The third-order valence-electron chi connectivity index (χ3n) is 2.67. The zero-order valence-corrected chi connectivity index (χ0v) is 11.3. The van der Waals surface area contributed by atoms with Gasteiger partial charge in [-0.05, 0) is 31.7 Å². The first-order valence-corrected chi connectivity index (χ1v) is 7.13. The van der Waals surface area contributed by atoms with Crippen LogP contribution in [-0.4, -0.2) is 33.2 Å². The van der Waals surface area contributed by atoms with E-state index in [9.17, 15) is 8.42 Å². The van der Waals surface area contributed by atoms with Gasteiger partial charge in [0.2, 0.25) is 10.0 Å². The first-order valence-electron chi connectivity index (χ1n) is 5.65. The van der Waals surface area contributed by atoms with Crippen molar-refractivity contribution in [3.05, 3.63) is 18.2 Å². The van der Waals surface area contributed by atoms with Crippen LogP contribution in [0.3, 0.4) is 0 Å². The lowest BCUT2D eigenvalue weighted by Gasteiger charge is -2.17. The second-order valence-electron chi connectivity index (χ2n) is 3.89. The molecule has 0 heterocycles. The molecule has 5 N–H and O–H groups in total. The van der Waals surface area contributed by atoms with Crippen LogP contribution in [-0.2, 0) is 10.0 Å². The third-order valence-corrected chi connectivity index (χ3v) is 4.09. The summed E-state index contributed by atoms with van der Waals surface area (Å²) in [7, 11) is -2.14. The van der Waals surface area contributed by atoms with Crippen LogP contribution in [0.1, 0.15) is 13.3 Å². The van der Waals surface area contributed by atoms with Crippen LogP contribution >= 0.6 is 0 Å². The van der Waals surface area contributed by atoms with Crippen molar-refractivity contribution in [3.63, 3.8) is 0 Å². The molecule has 0 fully saturated rings. The Kier molecular flexibility index (Phi) is 4.94. The average Bonchev–Trinajstić information content (AvgIpc) is 2.37. The molecule has 1 rings (SSSR count). The number of benzene rings is 1. The van der Waals surface area contributed by atoms with Gasteiger partial charge in [-0.15, -0.1) is 0 Å². The van der Waals surface area contributed by atoms with E-state index in [1.165, 1.54) is 19.2 Å². The zero-order chi connectivity index (χ0) is 13.8. The minimum absolute atomic E-state index is 0.00743. The van der Waals surface area contributed by atoms with Crippen molar-refractivity contribution in [1.29, 1.82) is 0 Å². The van der Waals surface area contributed by atoms with E-state index in [0.717, 1.165) is 6.42 Å². The van der Waals surface area contributed by atoms with Crippen molar-refractivity contribution in [2.75, 3.05) is 24.7 Å². The van der Waals surface area contributed by atoms with Crippen molar-refractivity contribution >= 4 is 21.4 Å². The van der Waals surface area contributed by atoms with Gasteiger partial charge >= 0.3 is 0 Å². The number of hydrogen-bond donors (Lipinski definition) is 4. The third kappa shape index (κ3) is 3.34. The normalized spacial score (nSPS) is 13.3. The molecule has 0 aliphatic heterocycles. The molecular formula is C11H19N3O3S. The van der Waals surface area contributed by atoms with Gasteiger partial charge in [-0.2, -0.15) is 0 Å². The van der Waals surface area contributed by atoms with Gasteiger partial charge in [-0.3, -0.25) is 0 Å². The quantitative estimate of drug-likeness (QED) is 0.560. The number of aliphatic hydroxyl groups is 1. The van der Waals surface area contributed by atoms with Gasteiger partial charge in [0, 0.05) is 6.04 Å². The van der Waals surface area contributed by atoms with Gasteiger partial charge in [0.05, 0.1) is 22.9 Å². The highest BCUT2D eigenvalue weighted by Gasteiger charge is 2.14. The Morgan fingerprint density at radius 2 is 2.11 bits per heavy atom. The molecule has 1 aromatic carbocycles. The molecule has 0 radical (unpaired) electrons. The van der Waals surface area contributed by atoms with E-state index in [1.54, 1.807) is 6.07 Å². The Labute approximate surface area is 107 Å². The van der Waals surface area contributed by atoms with Gasteiger partial charge in [0.15, 0.2) is 0 Å². The van der Waals surface area contributed by atoms with Crippen LogP contribution in [0.2, 0.25) is 0 Å². The summed E-state index contributed by atoms with van der Waals surface area (Å²) in [5.74, 6) is 0. The van der Waals surface area contributed by atoms with Gasteiger partial charge < -0.3 is 16.2 Å². The van der Waals surface area contributed by atoms with E-state index in [0.29, 0.717) is 11.4 Å². The molecule has 0 aliphatic rings. The molecule has 0 saturated carbocycles. The molecule has 1 atom stereocenters. The smallest absolute Gasteiger partial charge is 0.240 e. The predicted molar refractivity (Wildman–Crippen MR) is 71.9 cm³/mol. The fourth-order valence-corrected chi connectivity index (χ4v) is 2.22. The molecule has 7 heteroatoms. The summed E-state index contributed by atoms with van der Waals surface area (Å²) in [6.07, 6.45) is 0.743. The molecule has 0 aromatic heterocycles. The Morgan fingerprint density at radius 1 is 1.44 bits per heavy atom. The van der Waals surface area contributed by atoms with E-state index in [1.807, 2.05) is 6.92 Å². The summed E-state index contributed by atoms with van der Waals surface area (Å²) < 4.78 is 25.4. The molecule has 0 spiro atoms. The number of sulfonamides is 1. The molecule has 6 nitrogen and oxygen atoms in total. The van der Waals surface area contributed by atoms with Crippen molar-refractivity contribution in [1.82, 2.24) is 4.72 Å². The molecule has 0 bridgehead atoms. The molecule has 0 aliphatic carbocycles. The number of nitrogens with one attached hydrogen (secondary N) is 2. The van der Waals surface area contributed by atoms with E-state index < -0.39 is 10.0 Å². The number of rotatable bonds is 6. The standard InChI is InChI=1S/C11H19N3O3S/c1-3-8(7-15)14-11-5-4-9(6-10(11)12)18(16,17)13-2/h4-6,8,13-15H,3,7,12H2,1-2H3. The maximum absolute atomic E-state index is 11.6. The molecule has 0 amide bonds. The molecule has 102 valence electrons. The van der Waals surface area contributed by atoms with Crippen LogP contribution in [0.5, 0.6) is 0 Å². The minimum atomic E-state index is -3.48. The molecule has 18 heavy (non-hydrogen) atoms. The van der Waals surface area contributed by atoms with Crippen LogP contribution in [0.25, 0.3) is 0 Å². The van der Waals surface area contributed by atoms with E-state index in [4.69, 9.17) is 10.8 Å². The second kappa shape index (κ2) is 6.03. The highest BCUT2D eigenvalue weighted by Crippen LogP contribution is 2.23. The predicted octanol–water partition coefficient (Wildman–Crippen LogP) is 0.360. The SMILES string of the molecule is CCC(CO)Nc1ccc(S(=O)(=O)NC)cc1N. The molecule has 1 unspecified atom stereocenters. The molecular weight excluding hydrogens is 254 g/mol. The van der Waals surface area contributed by atoms with E-state index >= 15 is 0 Å². The topological polar surface area (TPSA) is 104 Å². The van der Waals surface area contributed by atoms with Crippen molar-refractivity contribution in [3.8, 4) is 0 Å². The summed E-state index contributed by atoms with van der Waals surface area (Å²) in [5.41, 5.74) is 6.74. The highest BCUT2D eigenvalue weighted by molar-refractivity contribution is 7.89. The van der Waals surface area contributed by atoms with Crippen LogP contribution < -0.4 is 15.8 Å². The highest BCUT2D eigenvalue weighted by atomic mass is 32.2. The number of nitrogen functional groups attached to an aromatic ring is 1. The zero-order valence-electron chi connectivity index (χ0n) is 10.5. The largest absolute Gasteiger partial charge is 0.397 e. The second-order valence-corrected chi connectivity index (χ2v) is 5.78. The first kappa shape index (κ1) is 14.7. The van der Waals surface area contributed by atoms with Crippen molar-refractivity contribution in [2.24, 2.45) is 0 Å². The number of anilines is 2. The van der Waals surface area contributed by atoms with Crippen LogP contribution in [0.15, 0.2) is 23.1 Å². The average molecular weight is 273 g/mol. The minimum Gasteiger partial charge on any atom is -0.397 e. The van der Waals surface area contributed by atoms with Gasteiger partial charge in [0.1, 0.15) is 0 Å². The maximum Gasteiger partial charge on any atom is 0.240 e. The van der Waals surface area contributed by atoms with Gasteiger partial charge in [-0.25, -0.2) is 13.1 Å². The Hall–Kier alpha value is -1.31. The first-order chi connectivity index (χ1) is 8.44. The monoisotopic (exact) mass is 273 g/mol. The van der Waals surface area contributed by atoms with Crippen molar-refractivity contribution < 1.29 is 13.5 Å². The lowest BCUT2D eigenvalue weighted by molar-refractivity contribution is 0.272. The van der Waals surface area contributed by atoms with E-state index in [-0.39, 0.29) is 17.5 Å². The number of aliphatic hydroxyl groups excluding tert-OH is 1. The maximum atomic E-state index is 11.6. The van der Waals surface area contributed by atoms with Gasteiger partial charge in [-0.1, -0.05) is 6.92 Å². The Balaban J connectivity index is 3.00. The van der Waals surface area contributed by atoms with Gasteiger partial charge in [0.25, 0.3) is 0 Å². The Bertz CT molecular complexity index is 498. The summed E-state index contributed by atoms with van der Waals surface area (Å²) in [6.45, 7) is 1.93. The fraction of sp³-hybridized carbons (Fsp3) is 0.455. The fourth-order valence-electron chi connectivity index (χ4n) is 1.45. The summed E-state index contributed by atoms with van der Waals surface area (Å²) in [4.78, 5) is 0.116. The lowest BCUT2D eigenvalue weighted by Crippen LogP contribution is -2.23. The summed E-state index contributed by atoms with van der Waals surface area (Å²) in [6, 6.07) is 4.35. The summed E-state index contributed by atoms with van der Waals surface area (Å²) in [5, 5.41) is 12.1. The molecule has 0 saturated heterocycles. The number of nitrogens with two attached hydrogens (primary N) is 1. The van der Waals surface area contributed by atoms with E-state index in [2.05, 4.69) is 10.0 Å².